The van der Waals surface area contributed by atoms with Crippen LogP contribution in [0.4, 0.5) is 0 Å². The van der Waals surface area contributed by atoms with Crippen LogP contribution in [0.3, 0.4) is 0 Å². The maximum Gasteiger partial charge on any atom is 0.232 e. The summed E-state index contributed by atoms with van der Waals surface area (Å²) in [4.78, 5) is 9.21. The monoisotopic (exact) mass is 281 g/mol. The van der Waals surface area contributed by atoms with Crippen molar-refractivity contribution in [2.24, 2.45) is 0 Å². The Hall–Kier alpha value is -0.980. The topological polar surface area (TPSA) is 57.4 Å². The third-order valence-electron chi connectivity index (χ3n) is 3.53. The molecule has 0 unspecified atom stereocenters. The summed E-state index contributed by atoms with van der Waals surface area (Å²) in [5.41, 5.74) is -0.0787. The summed E-state index contributed by atoms with van der Waals surface area (Å²) >= 11 is 0. The fourth-order valence-corrected chi connectivity index (χ4v) is 2.19. The lowest BCUT2D eigenvalue weighted by Gasteiger charge is -2.28. The maximum atomic E-state index is 5.32. The van der Waals surface area contributed by atoms with E-state index in [1.165, 1.54) is 0 Å². The summed E-state index contributed by atoms with van der Waals surface area (Å²) < 4.78 is 5.32. The summed E-state index contributed by atoms with van der Waals surface area (Å²) in [5.74, 6) is 1.49. The van der Waals surface area contributed by atoms with Crippen molar-refractivity contribution in [1.29, 1.82) is 0 Å². The molecule has 2 heterocycles. The van der Waals surface area contributed by atoms with E-state index in [-0.39, 0.29) is 5.41 Å². The van der Waals surface area contributed by atoms with Crippen LogP contribution in [0.1, 0.15) is 32.5 Å². The van der Waals surface area contributed by atoms with Crippen molar-refractivity contribution in [2.45, 2.75) is 32.7 Å². The average molecular weight is 281 g/mol. The first-order valence-corrected chi connectivity index (χ1v) is 7.40. The predicted molar refractivity (Wildman–Crippen MR) is 78.6 cm³/mol. The first-order valence-electron chi connectivity index (χ1n) is 7.40. The number of likely N-dealkylation sites (N-methyl/N-ethyl adjacent to an activating group) is 1. The van der Waals surface area contributed by atoms with E-state index in [9.17, 15) is 0 Å². The molecule has 1 fully saturated rings. The van der Waals surface area contributed by atoms with Gasteiger partial charge in [0, 0.05) is 44.7 Å². The Bertz CT molecular complexity index is 406. The second kappa shape index (κ2) is 6.65. The van der Waals surface area contributed by atoms with Gasteiger partial charge in [0.1, 0.15) is 0 Å². The van der Waals surface area contributed by atoms with E-state index >= 15 is 0 Å². The highest BCUT2D eigenvalue weighted by Crippen LogP contribution is 2.19. The van der Waals surface area contributed by atoms with Gasteiger partial charge in [-0.3, -0.25) is 9.80 Å². The number of piperazine rings is 1. The molecule has 0 amide bonds. The van der Waals surface area contributed by atoms with E-state index in [0.717, 1.165) is 51.6 Å². The fourth-order valence-electron chi connectivity index (χ4n) is 2.19. The molecule has 1 saturated heterocycles. The molecule has 0 saturated carbocycles. The molecule has 0 bridgehead atoms. The van der Waals surface area contributed by atoms with Gasteiger partial charge in [-0.15, -0.1) is 0 Å². The molecule has 2 rings (SSSR count). The Morgan fingerprint density at radius 1 is 1.30 bits per heavy atom. The Kier molecular flexibility index (Phi) is 5.12. The van der Waals surface area contributed by atoms with E-state index in [1.54, 1.807) is 0 Å². The molecule has 1 aromatic rings. The fraction of sp³-hybridized carbons (Fsp3) is 0.857. The van der Waals surface area contributed by atoms with Crippen molar-refractivity contribution < 1.29 is 4.52 Å². The molecule has 1 N–H and O–H groups in total. The Labute approximate surface area is 121 Å². The smallest absolute Gasteiger partial charge is 0.232 e. The van der Waals surface area contributed by atoms with E-state index in [1.807, 2.05) is 0 Å². The molecular formula is C14H27N5O. The number of nitrogens with one attached hydrogen (secondary N) is 1. The summed E-state index contributed by atoms with van der Waals surface area (Å²) in [6, 6.07) is 0. The molecule has 6 nitrogen and oxygen atoms in total. The van der Waals surface area contributed by atoms with Crippen LogP contribution in [-0.2, 0) is 12.0 Å². The average Bonchev–Trinajstić information content (AvgIpc) is 2.86. The van der Waals surface area contributed by atoms with Gasteiger partial charge < -0.3 is 9.84 Å². The van der Waals surface area contributed by atoms with E-state index in [0.29, 0.717) is 5.89 Å². The zero-order chi connectivity index (χ0) is 14.6. The van der Waals surface area contributed by atoms with Crippen LogP contribution in [0.2, 0.25) is 0 Å². The molecule has 0 aliphatic carbocycles. The first-order chi connectivity index (χ1) is 9.45. The van der Waals surface area contributed by atoms with Gasteiger partial charge in [0.25, 0.3) is 0 Å². The minimum Gasteiger partial charge on any atom is -0.339 e. The number of aromatic nitrogens is 2. The molecule has 1 aromatic heterocycles. The van der Waals surface area contributed by atoms with Gasteiger partial charge in [0.05, 0.1) is 6.54 Å². The van der Waals surface area contributed by atoms with Gasteiger partial charge >= 0.3 is 0 Å². The third kappa shape index (κ3) is 4.54. The molecule has 114 valence electrons. The van der Waals surface area contributed by atoms with Crippen molar-refractivity contribution in [2.75, 3.05) is 46.3 Å². The first kappa shape index (κ1) is 15.4. The molecule has 1 aliphatic rings. The molecule has 0 aromatic carbocycles. The third-order valence-corrected chi connectivity index (χ3v) is 3.53. The minimum absolute atomic E-state index is 0.0787. The van der Waals surface area contributed by atoms with Crippen molar-refractivity contribution in [3.63, 3.8) is 0 Å². The van der Waals surface area contributed by atoms with Crippen molar-refractivity contribution in [3.05, 3.63) is 11.7 Å². The van der Waals surface area contributed by atoms with Gasteiger partial charge in [-0.1, -0.05) is 25.9 Å². The van der Waals surface area contributed by atoms with Crippen LogP contribution in [0.15, 0.2) is 4.52 Å². The van der Waals surface area contributed by atoms with Crippen LogP contribution < -0.4 is 5.32 Å². The SMILES string of the molecule is CN(CCN1CCNCC1)Cc1noc(C(C)(C)C)n1. The second-order valence-electron chi connectivity index (χ2n) is 6.60. The molecule has 0 atom stereocenters. The summed E-state index contributed by atoms with van der Waals surface area (Å²) in [6.45, 7) is 13.6. The standard InChI is InChI=1S/C14H27N5O/c1-14(2,3)13-16-12(17-20-13)11-18(4)9-10-19-7-5-15-6-8-19/h15H,5-11H2,1-4H3. The van der Waals surface area contributed by atoms with E-state index in [2.05, 4.69) is 53.1 Å². The Balaban J connectivity index is 1.76. The zero-order valence-corrected chi connectivity index (χ0v) is 13.1. The number of hydrogen-bond donors (Lipinski definition) is 1. The van der Waals surface area contributed by atoms with Gasteiger partial charge in [-0.05, 0) is 7.05 Å². The number of hydrogen-bond acceptors (Lipinski definition) is 6. The molecule has 20 heavy (non-hydrogen) atoms. The Morgan fingerprint density at radius 3 is 2.60 bits per heavy atom. The summed E-state index contributed by atoms with van der Waals surface area (Å²) in [6.07, 6.45) is 0. The maximum absolute atomic E-state index is 5.32. The largest absolute Gasteiger partial charge is 0.339 e. The van der Waals surface area contributed by atoms with Crippen LogP contribution >= 0.6 is 0 Å². The highest BCUT2D eigenvalue weighted by Gasteiger charge is 2.22. The predicted octanol–water partition coefficient (Wildman–Crippen LogP) is 0.704. The van der Waals surface area contributed by atoms with Crippen LogP contribution in [0, 0.1) is 0 Å². The van der Waals surface area contributed by atoms with Crippen molar-refractivity contribution >= 4 is 0 Å². The van der Waals surface area contributed by atoms with Gasteiger partial charge in [0.2, 0.25) is 5.89 Å². The highest BCUT2D eigenvalue weighted by molar-refractivity contribution is 4.98. The molecule has 0 radical (unpaired) electrons. The summed E-state index contributed by atoms with van der Waals surface area (Å²) in [7, 11) is 2.11. The molecule has 0 spiro atoms. The second-order valence-corrected chi connectivity index (χ2v) is 6.60. The zero-order valence-electron chi connectivity index (χ0n) is 13.1. The van der Waals surface area contributed by atoms with Crippen LogP contribution in [-0.4, -0.2) is 66.3 Å². The van der Waals surface area contributed by atoms with Gasteiger partial charge in [-0.2, -0.15) is 4.98 Å². The molecule has 6 heteroatoms. The van der Waals surface area contributed by atoms with E-state index in [4.69, 9.17) is 4.52 Å². The lowest BCUT2D eigenvalue weighted by molar-refractivity contribution is 0.199. The highest BCUT2D eigenvalue weighted by atomic mass is 16.5. The minimum atomic E-state index is -0.0787. The quantitative estimate of drug-likeness (QED) is 0.857. The molecule has 1 aliphatic heterocycles. The van der Waals surface area contributed by atoms with Gasteiger partial charge in [0.15, 0.2) is 5.82 Å². The van der Waals surface area contributed by atoms with Crippen molar-refractivity contribution in [1.82, 2.24) is 25.3 Å². The van der Waals surface area contributed by atoms with Crippen LogP contribution in [0.25, 0.3) is 0 Å². The number of nitrogens with zero attached hydrogens (tertiary/aromatic N) is 4. The number of rotatable bonds is 5. The van der Waals surface area contributed by atoms with Crippen LogP contribution in [0.5, 0.6) is 0 Å². The lowest BCUT2D eigenvalue weighted by Crippen LogP contribution is -2.45. The lowest BCUT2D eigenvalue weighted by atomic mass is 9.97. The Morgan fingerprint density at radius 2 is 2.00 bits per heavy atom. The molecular weight excluding hydrogens is 254 g/mol. The van der Waals surface area contributed by atoms with Crippen molar-refractivity contribution in [3.8, 4) is 0 Å². The van der Waals surface area contributed by atoms with E-state index < -0.39 is 0 Å². The normalized spacial score (nSPS) is 17.9. The summed E-state index contributed by atoms with van der Waals surface area (Å²) in [5, 5.41) is 7.44. The van der Waals surface area contributed by atoms with Gasteiger partial charge in [-0.25, -0.2) is 0 Å².